The number of benzene rings is 2. The molecule has 26 heavy (non-hydrogen) atoms. The number of thiazole rings is 1. The van der Waals surface area contributed by atoms with Gasteiger partial charge in [0.15, 0.2) is 0 Å². The summed E-state index contributed by atoms with van der Waals surface area (Å²) in [5, 5.41) is 2.91. The summed E-state index contributed by atoms with van der Waals surface area (Å²) in [7, 11) is 1.82. The number of rotatable bonds is 7. The van der Waals surface area contributed by atoms with E-state index in [-0.39, 0.29) is 5.91 Å². The van der Waals surface area contributed by atoms with Crippen LogP contribution in [-0.2, 0) is 17.8 Å². The maximum absolute atomic E-state index is 12.5. The van der Waals surface area contributed by atoms with Crippen molar-refractivity contribution >= 4 is 17.2 Å². The topological polar surface area (TPSA) is 42.4 Å². The highest BCUT2D eigenvalue weighted by Gasteiger charge is 2.13. The second kappa shape index (κ2) is 8.63. The summed E-state index contributed by atoms with van der Waals surface area (Å²) in [5.41, 5.74) is 2.98. The number of aromatic nitrogens is 1. The van der Waals surface area contributed by atoms with Gasteiger partial charge in [0.2, 0.25) is 5.91 Å². The quantitative estimate of drug-likeness (QED) is 0.622. The average molecular weight is 366 g/mol. The fraction of sp³-hybridized carbons (Fsp3) is 0.238. The number of hydrogen-bond donors (Lipinski definition) is 0. The predicted octanol–water partition coefficient (Wildman–Crippen LogP) is 4.41. The summed E-state index contributed by atoms with van der Waals surface area (Å²) in [6.45, 7) is 3.18. The summed E-state index contributed by atoms with van der Waals surface area (Å²) in [6, 6.07) is 17.9. The van der Waals surface area contributed by atoms with E-state index in [4.69, 9.17) is 4.74 Å². The van der Waals surface area contributed by atoms with Crippen molar-refractivity contribution in [1.29, 1.82) is 0 Å². The van der Waals surface area contributed by atoms with Crippen LogP contribution in [0.1, 0.15) is 18.2 Å². The predicted molar refractivity (Wildman–Crippen MR) is 105 cm³/mol. The molecular weight excluding hydrogens is 344 g/mol. The van der Waals surface area contributed by atoms with Gasteiger partial charge in [0.05, 0.1) is 18.7 Å². The Hall–Kier alpha value is -2.66. The van der Waals surface area contributed by atoms with Gasteiger partial charge in [-0.05, 0) is 24.6 Å². The third-order valence-electron chi connectivity index (χ3n) is 3.98. The molecule has 0 unspecified atom stereocenters. The van der Waals surface area contributed by atoms with Gasteiger partial charge in [-0.2, -0.15) is 0 Å². The molecule has 0 N–H and O–H groups in total. The molecular formula is C21H22N2O2S. The van der Waals surface area contributed by atoms with E-state index in [0.29, 0.717) is 19.6 Å². The summed E-state index contributed by atoms with van der Waals surface area (Å²) in [6.07, 6.45) is 0.316. The number of hydrogen-bond acceptors (Lipinski definition) is 4. The van der Waals surface area contributed by atoms with Crippen LogP contribution in [0.25, 0.3) is 10.6 Å². The molecule has 0 saturated carbocycles. The number of carbonyl (C=O) groups is 1. The van der Waals surface area contributed by atoms with Crippen LogP contribution in [0.15, 0.2) is 60.0 Å². The summed E-state index contributed by atoms with van der Waals surface area (Å²) < 4.78 is 5.44. The lowest BCUT2D eigenvalue weighted by Crippen LogP contribution is -2.27. The molecule has 0 fully saturated rings. The van der Waals surface area contributed by atoms with E-state index in [2.05, 4.69) is 4.98 Å². The second-order valence-corrected chi connectivity index (χ2v) is 6.87. The van der Waals surface area contributed by atoms with E-state index in [1.54, 1.807) is 16.2 Å². The zero-order valence-electron chi connectivity index (χ0n) is 15.0. The molecule has 0 radical (unpaired) electrons. The zero-order valence-corrected chi connectivity index (χ0v) is 15.8. The van der Waals surface area contributed by atoms with E-state index >= 15 is 0 Å². The first-order chi connectivity index (χ1) is 12.7. The summed E-state index contributed by atoms with van der Waals surface area (Å²) >= 11 is 1.57. The van der Waals surface area contributed by atoms with Crippen LogP contribution < -0.4 is 4.74 Å². The lowest BCUT2D eigenvalue weighted by Gasteiger charge is -2.17. The monoisotopic (exact) mass is 366 g/mol. The van der Waals surface area contributed by atoms with Crippen molar-refractivity contribution in [2.45, 2.75) is 19.9 Å². The van der Waals surface area contributed by atoms with Crippen LogP contribution in [0.5, 0.6) is 5.75 Å². The summed E-state index contributed by atoms with van der Waals surface area (Å²) in [4.78, 5) is 18.8. The minimum atomic E-state index is 0.0591. The third kappa shape index (κ3) is 4.70. The largest absolute Gasteiger partial charge is 0.494 e. The van der Waals surface area contributed by atoms with Crippen molar-refractivity contribution < 1.29 is 9.53 Å². The molecule has 2 aromatic carbocycles. The van der Waals surface area contributed by atoms with Gasteiger partial charge in [-0.25, -0.2) is 4.98 Å². The van der Waals surface area contributed by atoms with Crippen molar-refractivity contribution in [1.82, 2.24) is 9.88 Å². The van der Waals surface area contributed by atoms with E-state index in [0.717, 1.165) is 27.6 Å². The van der Waals surface area contributed by atoms with E-state index in [1.165, 1.54) is 0 Å². The van der Waals surface area contributed by atoms with Crippen molar-refractivity contribution in [2.75, 3.05) is 13.7 Å². The molecule has 0 aliphatic carbocycles. The van der Waals surface area contributed by atoms with Crippen molar-refractivity contribution in [3.8, 4) is 16.3 Å². The van der Waals surface area contributed by atoms with Gasteiger partial charge in [-0.1, -0.05) is 42.5 Å². The smallest absolute Gasteiger partial charge is 0.228 e. The molecule has 4 nitrogen and oxygen atoms in total. The Kier molecular flexibility index (Phi) is 6.02. The zero-order chi connectivity index (χ0) is 18.4. The second-order valence-electron chi connectivity index (χ2n) is 6.01. The Morgan fingerprint density at radius 3 is 2.54 bits per heavy atom. The maximum Gasteiger partial charge on any atom is 0.228 e. The first kappa shape index (κ1) is 18.1. The van der Waals surface area contributed by atoms with Gasteiger partial charge in [0.1, 0.15) is 10.8 Å². The minimum absolute atomic E-state index is 0.0591. The fourth-order valence-electron chi connectivity index (χ4n) is 2.61. The normalized spacial score (nSPS) is 10.5. The molecule has 134 valence electrons. The number of likely N-dealkylation sites (N-methyl/N-ethyl adjacent to an activating group) is 1. The molecule has 5 heteroatoms. The first-order valence-corrected chi connectivity index (χ1v) is 9.49. The Morgan fingerprint density at radius 1 is 1.12 bits per heavy atom. The van der Waals surface area contributed by atoms with E-state index in [1.807, 2.05) is 73.9 Å². The Morgan fingerprint density at radius 2 is 1.85 bits per heavy atom. The van der Waals surface area contributed by atoms with Gasteiger partial charge in [0, 0.05) is 24.5 Å². The van der Waals surface area contributed by atoms with Crippen LogP contribution in [-0.4, -0.2) is 29.4 Å². The van der Waals surface area contributed by atoms with Crippen LogP contribution >= 0.6 is 11.3 Å². The molecule has 3 aromatic rings. The highest BCUT2D eigenvalue weighted by molar-refractivity contribution is 7.13. The standard InChI is InChI=1S/C21H22N2O2S/c1-3-25-19-11-9-16(10-12-19)14-23(2)20(24)13-18-15-26-21(22-18)17-7-5-4-6-8-17/h4-12,15H,3,13-14H2,1-2H3. The molecule has 0 aliphatic rings. The van der Waals surface area contributed by atoms with Gasteiger partial charge >= 0.3 is 0 Å². The van der Waals surface area contributed by atoms with Crippen LogP contribution in [0.3, 0.4) is 0 Å². The van der Waals surface area contributed by atoms with E-state index in [9.17, 15) is 4.79 Å². The van der Waals surface area contributed by atoms with E-state index < -0.39 is 0 Å². The number of nitrogens with zero attached hydrogens (tertiary/aromatic N) is 2. The van der Waals surface area contributed by atoms with Crippen LogP contribution in [0, 0.1) is 0 Å². The molecule has 0 saturated heterocycles. The fourth-order valence-corrected chi connectivity index (χ4v) is 3.44. The highest BCUT2D eigenvalue weighted by Crippen LogP contribution is 2.23. The maximum atomic E-state index is 12.5. The molecule has 0 aliphatic heterocycles. The minimum Gasteiger partial charge on any atom is -0.494 e. The number of amides is 1. The molecule has 1 amide bonds. The summed E-state index contributed by atoms with van der Waals surface area (Å²) in [5.74, 6) is 0.907. The van der Waals surface area contributed by atoms with Crippen molar-refractivity contribution in [2.24, 2.45) is 0 Å². The van der Waals surface area contributed by atoms with Crippen molar-refractivity contribution in [3.05, 3.63) is 71.2 Å². The van der Waals surface area contributed by atoms with Gasteiger partial charge < -0.3 is 9.64 Å². The molecule has 0 spiro atoms. The average Bonchev–Trinajstić information content (AvgIpc) is 3.13. The highest BCUT2D eigenvalue weighted by atomic mass is 32.1. The molecule has 1 heterocycles. The Labute approximate surface area is 158 Å². The van der Waals surface area contributed by atoms with Crippen molar-refractivity contribution in [3.63, 3.8) is 0 Å². The SMILES string of the molecule is CCOc1ccc(CN(C)C(=O)Cc2csc(-c3ccccc3)n2)cc1. The van der Waals surface area contributed by atoms with Gasteiger partial charge in [-0.3, -0.25) is 4.79 Å². The molecule has 0 atom stereocenters. The molecule has 3 rings (SSSR count). The lowest BCUT2D eigenvalue weighted by atomic mass is 10.2. The van der Waals surface area contributed by atoms with Crippen LogP contribution in [0.4, 0.5) is 0 Å². The van der Waals surface area contributed by atoms with Gasteiger partial charge in [-0.15, -0.1) is 11.3 Å². The lowest BCUT2D eigenvalue weighted by molar-refractivity contribution is -0.129. The molecule has 0 bridgehead atoms. The number of carbonyl (C=O) groups excluding carboxylic acids is 1. The van der Waals surface area contributed by atoms with Crippen LogP contribution in [0.2, 0.25) is 0 Å². The number of ether oxygens (including phenoxy) is 1. The first-order valence-electron chi connectivity index (χ1n) is 8.61. The molecule has 1 aromatic heterocycles. The third-order valence-corrected chi connectivity index (χ3v) is 4.92. The van der Waals surface area contributed by atoms with Gasteiger partial charge in [0.25, 0.3) is 0 Å². The Bertz CT molecular complexity index is 844. The Balaban J connectivity index is 1.58.